The fraction of sp³-hybridized carbons (Fsp3) is 0.333. The van der Waals surface area contributed by atoms with E-state index in [0.29, 0.717) is 29.6 Å². The average molecular weight is 413 g/mol. The van der Waals surface area contributed by atoms with Crippen molar-refractivity contribution in [2.24, 2.45) is 5.92 Å². The van der Waals surface area contributed by atoms with Crippen LogP contribution in [0.2, 0.25) is 0 Å². The molecule has 0 unspecified atom stereocenters. The Kier molecular flexibility index (Phi) is 4.40. The molecule has 3 aromatic rings. The molecule has 0 bridgehead atoms. The van der Waals surface area contributed by atoms with Gasteiger partial charge in [0.2, 0.25) is 0 Å². The number of nitrogens with zero attached hydrogens (tertiary/aromatic N) is 4. The third-order valence-electron chi connectivity index (χ3n) is 5.81. The first-order valence-corrected chi connectivity index (χ1v) is 11.3. The zero-order chi connectivity index (χ0) is 20.2. The zero-order valence-corrected chi connectivity index (χ0v) is 17.0. The van der Waals surface area contributed by atoms with Crippen LogP contribution in [0.5, 0.6) is 0 Å². The van der Waals surface area contributed by atoms with Crippen molar-refractivity contribution < 1.29 is 9.11 Å². The molecular formula is C21H24N4O3S. The van der Waals surface area contributed by atoms with Crippen LogP contribution in [0.25, 0.3) is 5.69 Å². The number of fused-ring (bicyclic) bond motifs is 1. The standard InChI is InChI=1S/C21H24N4O3S/c1-15-13-23(14-15)29(27,28)18-9-7-17(8-10-18)25-21(26)24-19(11-12-20(24)22-25)16-5-3-2-4-6-16/h2-10,15,19,27-28H,11-14H2,1H3/t19-/m0/s1. The second kappa shape index (κ2) is 6.84. The Morgan fingerprint density at radius 2 is 1.72 bits per heavy atom. The second-order valence-corrected chi connectivity index (χ2v) is 9.94. The van der Waals surface area contributed by atoms with Crippen molar-refractivity contribution in [3.05, 3.63) is 76.5 Å². The Labute approximate surface area is 170 Å². The topological polar surface area (TPSA) is 83.5 Å². The minimum absolute atomic E-state index is 0.00658. The summed E-state index contributed by atoms with van der Waals surface area (Å²) in [5, 5.41) is 4.54. The number of benzene rings is 2. The predicted molar refractivity (Wildman–Crippen MR) is 113 cm³/mol. The van der Waals surface area contributed by atoms with Gasteiger partial charge in [-0.15, -0.1) is 15.9 Å². The van der Waals surface area contributed by atoms with E-state index in [-0.39, 0.29) is 11.7 Å². The number of hydrogen-bond donors (Lipinski definition) is 2. The van der Waals surface area contributed by atoms with Crippen molar-refractivity contribution in [1.82, 2.24) is 18.7 Å². The van der Waals surface area contributed by atoms with Gasteiger partial charge in [0.05, 0.1) is 16.6 Å². The fourth-order valence-electron chi connectivity index (χ4n) is 4.23. The predicted octanol–water partition coefficient (Wildman–Crippen LogP) is 3.55. The van der Waals surface area contributed by atoms with Gasteiger partial charge in [-0.3, -0.25) is 13.7 Å². The SMILES string of the molecule is CC1CN(S(O)(O)c2ccc(-n3nc4n(c3=O)[C@H](c3ccccc3)CC4)cc2)C1. The lowest BCUT2D eigenvalue weighted by molar-refractivity contribution is 0.195. The van der Waals surface area contributed by atoms with Crippen LogP contribution >= 0.6 is 10.8 Å². The van der Waals surface area contributed by atoms with E-state index >= 15 is 0 Å². The summed E-state index contributed by atoms with van der Waals surface area (Å²) in [5.41, 5.74) is 1.57. The highest BCUT2D eigenvalue weighted by Crippen LogP contribution is 2.54. The minimum atomic E-state index is -2.97. The molecule has 5 rings (SSSR count). The van der Waals surface area contributed by atoms with Crippen LogP contribution in [-0.4, -0.2) is 40.8 Å². The number of aryl methyl sites for hydroxylation is 1. The van der Waals surface area contributed by atoms with E-state index in [2.05, 4.69) is 12.0 Å². The van der Waals surface area contributed by atoms with Crippen LogP contribution in [0.3, 0.4) is 0 Å². The van der Waals surface area contributed by atoms with E-state index in [9.17, 15) is 13.9 Å². The molecule has 2 aliphatic rings. The highest BCUT2D eigenvalue weighted by atomic mass is 32.3. The second-order valence-electron chi connectivity index (χ2n) is 7.91. The largest absolute Gasteiger partial charge is 0.351 e. The van der Waals surface area contributed by atoms with E-state index < -0.39 is 10.8 Å². The molecule has 1 saturated heterocycles. The molecule has 2 N–H and O–H groups in total. The van der Waals surface area contributed by atoms with Crippen LogP contribution in [0.15, 0.2) is 64.3 Å². The third kappa shape index (κ3) is 3.03. The molecule has 2 aromatic carbocycles. The molecule has 0 amide bonds. The first-order valence-electron chi connectivity index (χ1n) is 9.84. The molecule has 0 spiro atoms. The molecule has 29 heavy (non-hydrogen) atoms. The van der Waals surface area contributed by atoms with Crippen molar-refractivity contribution in [2.75, 3.05) is 13.1 Å². The molecular weight excluding hydrogens is 388 g/mol. The van der Waals surface area contributed by atoms with Gasteiger partial charge >= 0.3 is 5.69 Å². The summed E-state index contributed by atoms with van der Waals surface area (Å²) < 4.78 is 26.0. The monoisotopic (exact) mass is 412 g/mol. The van der Waals surface area contributed by atoms with Gasteiger partial charge < -0.3 is 0 Å². The van der Waals surface area contributed by atoms with Crippen LogP contribution in [0, 0.1) is 5.92 Å². The van der Waals surface area contributed by atoms with Gasteiger partial charge in [-0.1, -0.05) is 37.3 Å². The van der Waals surface area contributed by atoms with Gasteiger partial charge in [-0.25, -0.2) is 9.10 Å². The summed E-state index contributed by atoms with van der Waals surface area (Å²) in [6.45, 7) is 3.44. The molecule has 2 aliphatic heterocycles. The smallest absolute Gasteiger partial charge is 0.281 e. The molecule has 152 valence electrons. The van der Waals surface area contributed by atoms with Crippen LogP contribution in [0.1, 0.15) is 30.8 Å². The molecule has 8 heteroatoms. The molecule has 3 heterocycles. The lowest BCUT2D eigenvalue weighted by Gasteiger charge is -2.50. The van der Waals surface area contributed by atoms with E-state index in [4.69, 9.17) is 0 Å². The average Bonchev–Trinajstić information content (AvgIpc) is 3.27. The van der Waals surface area contributed by atoms with Crippen LogP contribution < -0.4 is 5.69 Å². The third-order valence-corrected chi connectivity index (χ3v) is 7.73. The van der Waals surface area contributed by atoms with Crippen molar-refractivity contribution in [1.29, 1.82) is 0 Å². The molecule has 0 radical (unpaired) electrons. The Hall–Kier alpha value is -2.39. The summed E-state index contributed by atoms with van der Waals surface area (Å²) in [6, 6.07) is 16.9. The van der Waals surface area contributed by atoms with Crippen molar-refractivity contribution in [3.63, 3.8) is 0 Å². The maximum Gasteiger partial charge on any atom is 0.351 e. The minimum Gasteiger partial charge on any atom is -0.281 e. The van der Waals surface area contributed by atoms with E-state index in [1.54, 1.807) is 33.1 Å². The fourth-order valence-corrected chi connectivity index (χ4v) is 5.95. The first-order chi connectivity index (χ1) is 13.9. The van der Waals surface area contributed by atoms with Gasteiger partial charge in [-0.2, -0.15) is 4.68 Å². The van der Waals surface area contributed by atoms with Gasteiger partial charge in [0.1, 0.15) is 5.82 Å². The Bertz CT molecular complexity index is 1090. The first kappa shape index (κ1) is 18.6. The van der Waals surface area contributed by atoms with Crippen molar-refractivity contribution >= 4 is 10.8 Å². The summed E-state index contributed by atoms with van der Waals surface area (Å²) in [6.07, 6.45) is 1.63. The molecule has 0 saturated carbocycles. The number of rotatable bonds is 4. The van der Waals surface area contributed by atoms with Gasteiger partial charge in [-0.05, 0) is 42.2 Å². The molecule has 1 atom stereocenters. The number of aromatic nitrogens is 3. The van der Waals surface area contributed by atoms with Crippen molar-refractivity contribution in [3.8, 4) is 5.69 Å². The van der Waals surface area contributed by atoms with Gasteiger partial charge in [0.15, 0.2) is 0 Å². The normalized spacial score (nSPS) is 20.4. The number of hydrogen-bond acceptors (Lipinski definition) is 5. The summed E-state index contributed by atoms with van der Waals surface area (Å²) in [7, 11) is -2.97. The van der Waals surface area contributed by atoms with Gasteiger partial charge in [0, 0.05) is 19.5 Å². The Morgan fingerprint density at radius 3 is 2.38 bits per heavy atom. The molecule has 0 aliphatic carbocycles. The van der Waals surface area contributed by atoms with E-state index in [1.807, 2.05) is 30.3 Å². The summed E-state index contributed by atoms with van der Waals surface area (Å²) in [4.78, 5) is 13.6. The van der Waals surface area contributed by atoms with Gasteiger partial charge in [0.25, 0.3) is 0 Å². The Morgan fingerprint density at radius 1 is 1.03 bits per heavy atom. The summed E-state index contributed by atoms with van der Waals surface area (Å²) in [5.74, 6) is 1.26. The molecule has 7 nitrogen and oxygen atoms in total. The molecule has 1 aromatic heterocycles. The van der Waals surface area contributed by atoms with E-state index in [1.165, 1.54) is 4.68 Å². The zero-order valence-electron chi connectivity index (χ0n) is 16.2. The van der Waals surface area contributed by atoms with E-state index in [0.717, 1.165) is 24.2 Å². The quantitative estimate of drug-likeness (QED) is 0.685. The highest BCUT2D eigenvalue weighted by molar-refractivity contribution is 8.22. The lowest BCUT2D eigenvalue weighted by atomic mass is 10.1. The maximum atomic E-state index is 13.1. The molecule has 1 fully saturated rings. The maximum absolute atomic E-state index is 13.1. The highest BCUT2D eigenvalue weighted by Gasteiger charge is 2.34. The van der Waals surface area contributed by atoms with Crippen LogP contribution in [-0.2, 0) is 6.42 Å². The Balaban J connectivity index is 1.45. The van der Waals surface area contributed by atoms with Crippen LogP contribution in [0.4, 0.5) is 0 Å². The summed E-state index contributed by atoms with van der Waals surface area (Å²) >= 11 is 0. The van der Waals surface area contributed by atoms with Crippen molar-refractivity contribution in [2.45, 2.75) is 30.7 Å². The lowest BCUT2D eigenvalue weighted by Crippen LogP contribution is -2.46.